The van der Waals surface area contributed by atoms with Crippen molar-refractivity contribution in [3.8, 4) is 22.4 Å². The lowest BCUT2D eigenvalue weighted by Crippen LogP contribution is -2.34. The Bertz CT molecular complexity index is 1540. The highest BCUT2D eigenvalue weighted by atomic mass is 35.5. The van der Waals surface area contributed by atoms with Crippen molar-refractivity contribution in [1.82, 2.24) is 20.5 Å². The first kappa shape index (κ1) is 26.8. The van der Waals surface area contributed by atoms with Gasteiger partial charge < -0.3 is 15.4 Å². The lowest BCUT2D eigenvalue weighted by Gasteiger charge is -2.16. The summed E-state index contributed by atoms with van der Waals surface area (Å²) in [6.07, 6.45) is 2.71. The number of nitrogens with zero attached hydrogens (tertiary/aromatic N) is 2. The largest absolute Gasteiger partial charge is 0.462 e. The van der Waals surface area contributed by atoms with Crippen LogP contribution in [0.4, 0.5) is 10.5 Å². The van der Waals surface area contributed by atoms with Crippen LogP contribution in [0, 0.1) is 0 Å². The standard InChI is InChI=1S/C27H23Cl2N5O4/c1-3-38-26(36)19-9-5-7-17(11-19)16-6-4-8-18(10-16)23-12-20(25(35)34-33-23)15(2)31-27(37)32-24-21(28)13-30-14-22(24)29/h4-15H,3H2,1-2H3,(H,34,35)(H2,30,31,32,37). The van der Waals surface area contributed by atoms with E-state index in [1.807, 2.05) is 30.3 Å². The van der Waals surface area contributed by atoms with Crippen molar-refractivity contribution < 1.29 is 14.3 Å². The molecule has 0 aliphatic rings. The summed E-state index contributed by atoms with van der Waals surface area (Å²) in [7, 11) is 0. The molecule has 1 unspecified atom stereocenters. The molecule has 0 bridgehead atoms. The average Bonchev–Trinajstić information content (AvgIpc) is 2.91. The maximum Gasteiger partial charge on any atom is 0.338 e. The fourth-order valence-electron chi connectivity index (χ4n) is 3.74. The Kier molecular flexibility index (Phi) is 8.40. The lowest BCUT2D eigenvalue weighted by molar-refractivity contribution is 0.0526. The molecule has 38 heavy (non-hydrogen) atoms. The number of anilines is 1. The Morgan fingerprint density at radius 2 is 1.66 bits per heavy atom. The maximum absolute atomic E-state index is 12.6. The first-order valence-electron chi connectivity index (χ1n) is 11.6. The van der Waals surface area contributed by atoms with E-state index in [4.69, 9.17) is 27.9 Å². The number of hydrogen-bond acceptors (Lipinski definition) is 6. The molecule has 3 N–H and O–H groups in total. The molecule has 2 aromatic heterocycles. The zero-order valence-electron chi connectivity index (χ0n) is 20.4. The molecule has 0 saturated carbocycles. The number of aromatic nitrogens is 3. The van der Waals surface area contributed by atoms with Crippen LogP contribution in [0.25, 0.3) is 22.4 Å². The predicted molar refractivity (Wildman–Crippen MR) is 147 cm³/mol. The second-order valence-corrected chi connectivity index (χ2v) is 9.03. The number of ether oxygens (including phenoxy) is 1. The van der Waals surface area contributed by atoms with Gasteiger partial charge >= 0.3 is 12.0 Å². The Hall–Kier alpha value is -4.21. The quantitative estimate of drug-likeness (QED) is 0.247. The Morgan fingerprint density at radius 3 is 2.37 bits per heavy atom. The van der Waals surface area contributed by atoms with Gasteiger partial charge in [-0.25, -0.2) is 14.7 Å². The summed E-state index contributed by atoms with van der Waals surface area (Å²) in [6.45, 7) is 3.71. The highest BCUT2D eigenvalue weighted by Gasteiger charge is 2.17. The van der Waals surface area contributed by atoms with Gasteiger partial charge in [-0.3, -0.25) is 9.78 Å². The molecule has 0 fully saturated rings. The van der Waals surface area contributed by atoms with Crippen molar-refractivity contribution in [1.29, 1.82) is 0 Å². The van der Waals surface area contributed by atoms with Crippen LogP contribution in [-0.4, -0.2) is 33.8 Å². The molecule has 194 valence electrons. The first-order chi connectivity index (χ1) is 18.3. The second kappa shape index (κ2) is 11.9. The van der Waals surface area contributed by atoms with Gasteiger partial charge in [0, 0.05) is 23.5 Å². The van der Waals surface area contributed by atoms with Gasteiger partial charge in [0.05, 0.1) is 39.6 Å². The summed E-state index contributed by atoms with van der Waals surface area (Å²) in [4.78, 5) is 41.1. The number of carbonyl (C=O) groups is 2. The molecule has 11 heteroatoms. The molecule has 0 aliphatic carbocycles. The monoisotopic (exact) mass is 551 g/mol. The first-order valence-corrected chi connectivity index (χ1v) is 12.4. The summed E-state index contributed by atoms with van der Waals surface area (Å²) in [5, 5.41) is 12.3. The van der Waals surface area contributed by atoms with Gasteiger partial charge in [0.1, 0.15) is 0 Å². The van der Waals surface area contributed by atoms with E-state index in [0.717, 1.165) is 16.7 Å². The van der Waals surface area contributed by atoms with Crippen molar-refractivity contribution >= 4 is 40.9 Å². The highest BCUT2D eigenvalue weighted by Crippen LogP contribution is 2.29. The minimum absolute atomic E-state index is 0.178. The van der Waals surface area contributed by atoms with E-state index >= 15 is 0 Å². The molecule has 4 rings (SSSR count). The van der Waals surface area contributed by atoms with Crippen LogP contribution in [0.15, 0.2) is 71.8 Å². The third-order valence-electron chi connectivity index (χ3n) is 5.60. The lowest BCUT2D eigenvalue weighted by atomic mass is 9.99. The summed E-state index contributed by atoms with van der Waals surface area (Å²) in [6, 6.07) is 15.0. The summed E-state index contributed by atoms with van der Waals surface area (Å²) in [5.74, 6) is -0.392. The van der Waals surface area contributed by atoms with Crippen LogP contribution in [0.3, 0.4) is 0 Å². The number of halogens is 2. The van der Waals surface area contributed by atoms with E-state index in [0.29, 0.717) is 23.4 Å². The summed E-state index contributed by atoms with van der Waals surface area (Å²) < 4.78 is 5.10. The molecule has 0 aliphatic heterocycles. The number of benzene rings is 2. The van der Waals surface area contributed by atoms with Gasteiger partial charge in [-0.2, -0.15) is 5.10 Å². The predicted octanol–water partition coefficient (Wildman–Crippen LogP) is 5.87. The third-order valence-corrected chi connectivity index (χ3v) is 6.18. The smallest absolute Gasteiger partial charge is 0.338 e. The number of carbonyl (C=O) groups excluding carboxylic acids is 2. The van der Waals surface area contributed by atoms with Crippen LogP contribution >= 0.6 is 23.2 Å². The number of esters is 1. The van der Waals surface area contributed by atoms with Gasteiger partial charge in [0.2, 0.25) is 0 Å². The van der Waals surface area contributed by atoms with Crippen LogP contribution in [0.1, 0.15) is 35.8 Å². The molecule has 0 saturated heterocycles. The fraction of sp³-hybridized carbons (Fsp3) is 0.148. The van der Waals surface area contributed by atoms with Crippen molar-refractivity contribution in [3.63, 3.8) is 0 Å². The van der Waals surface area contributed by atoms with Crippen molar-refractivity contribution in [2.75, 3.05) is 11.9 Å². The second-order valence-electron chi connectivity index (χ2n) is 8.22. The molecular weight excluding hydrogens is 529 g/mol. The van der Waals surface area contributed by atoms with E-state index in [1.54, 1.807) is 38.1 Å². The minimum atomic E-state index is -0.677. The van der Waals surface area contributed by atoms with Crippen molar-refractivity contribution in [2.45, 2.75) is 19.9 Å². The minimum Gasteiger partial charge on any atom is -0.462 e. The summed E-state index contributed by atoms with van der Waals surface area (Å²) >= 11 is 12.1. The normalized spacial score (nSPS) is 11.5. The van der Waals surface area contributed by atoms with Gasteiger partial charge in [0.15, 0.2) is 0 Å². The topological polar surface area (TPSA) is 126 Å². The van der Waals surface area contributed by atoms with E-state index in [9.17, 15) is 14.4 Å². The maximum atomic E-state index is 12.6. The Labute approximate surface area is 228 Å². The number of amides is 2. The van der Waals surface area contributed by atoms with Gasteiger partial charge in [0.25, 0.3) is 5.56 Å². The number of hydrogen-bond donors (Lipinski definition) is 3. The molecule has 9 nitrogen and oxygen atoms in total. The molecule has 2 aromatic carbocycles. The van der Waals surface area contributed by atoms with E-state index in [-0.39, 0.29) is 15.7 Å². The average molecular weight is 552 g/mol. The van der Waals surface area contributed by atoms with Crippen LogP contribution in [0.5, 0.6) is 0 Å². The molecule has 4 aromatic rings. The zero-order valence-corrected chi connectivity index (χ0v) is 21.9. The number of rotatable bonds is 7. The number of urea groups is 1. The molecule has 0 spiro atoms. The number of H-pyrrole nitrogens is 1. The molecule has 2 amide bonds. The van der Waals surface area contributed by atoms with Crippen molar-refractivity contribution in [3.05, 3.63) is 98.5 Å². The number of aromatic amines is 1. The van der Waals surface area contributed by atoms with Crippen LogP contribution < -0.4 is 16.2 Å². The van der Waals surface area contributed by atoms with Gasteiger partial charge in [-0.05, 0) is 49.2 Å². The zero-order chi connectivity index (χ0) is 27.2. The summed E-state index contributed by atoms with van der Waals surface area (Å²) in [5.41, 5.74) is 3.41. The number of nitrogens with one attached hydrogen (secondary N) is 3. The molecule has 1 atom stereocenters. The Morgan fingerprint density at radius 1 is 1.00 bits per heavy atom. The highest BCUT2D eigenvalue weighted by molar-refractivity contribution is 6.39. The molecule has 0 radical (unpaired) electrons. The van der Waals surface area contributed by atoms with Gasteiger partial charge in [-0.1, -0.05) is 53.5 Å². The van der Waals surface area contributed by atoms with E-state index in [2.05, 4.69) is 25.8 Å². The fourth-order valence-corrected chi connectivity index (χ4v) is 4.20. The number of pyridine rings is 1. The van der Waals surface area contributed by atoms with Gasteiger partial charge in [-0.15, -0.1) is 0 Å². The Balaban J connectivity index is 1.57. The molecular formula is C27H23Cl2N5O4. The molecule has 2 heterocycles. The van der Waals surface area contributed by atoms with Crippen LogP contribution in [0.2, 0.25) is 10.0 Å². The SMILES string of the molecule is CCOC(=O)c1cccc(-c2cccc(-c3cc(C(C)NC(=O)Nc4c(Cl)cncc4Cl)c(=O)[nH]n3)c2)c1. The van der Waals surface area contributed by atoms with Crippen LogP contribution in [-0.2, 0) is 4.74 Å². The van der Waals surface area contributed by atoms with E-state index in [1.165, 1.54) is 12.4 Å². The third kappa shape index (κ3) is 6.19. The van der Waals surface area contributed by atoms with Crippen molar-refractivity contribution in [2.24, 2.45) is 0 Å². The van der Waals surface area contributed by atoms with E-state index < -0.39 is 23.6 Å².